The normalized spacial score (nSPS) is 23.3. The number of aromatic nitrogens is 1. The molecule has 2 atom stereocenters. The molecule has 1 aliphatic rings. The monoisotopic (exact) mass is 288 g/mol. The van der Waals surface area contributed by atoms with Gasteiger partial charge >= 0.3 is 0 Å². The molecule has 0 bridgehead atoms. The first-order valence-corrected chi connectivity index (χ1v) is 7.23. The zero-order valence-electron chi connectivity index (χ0n) is 12.1. The Morgan fingerprint density at radius 2 is 2.10 bits per heavy atom. The van der Waals surface area contributed by atoms with Gasteiger partial charge in [0, 0.05) is 25.2 Å². The van der Waals surface area contributed by atoms with Crippen LogP contribution in [0.25, 0.3) is 11.5 Å². The number of aliphatic hydroxyl groups is 1. The lowest BCUT2D eigenvalue weighted by Crippen LogP contribution is -2.47. The molecule has 1 aromatic heterocycles. The zero-order chi connectivity index (χ0) is 14.7. The highest BCUT2D eigenvalue weighted by molar-refractivity contribution is 5.52. The Morgan fingerprint density at radius 3 is 2.86 bits per heavy atom. The van der Waals surface area contributed by atoms with E-state index in [1.54, 1.807) is 6.26 Å². The fourth-order valence-electron chi connectivity index (χ4n) is 2.69. The van der Waals surface area contributed by atoms with E-state index in [4.69, 9.17) is 9.15 Å². The van der Waals surface area contributed by atoms with E-state index >= 15 is 0 Å². The second-order valence-electron chi connectivity index (χ2n) is 5.46. The number of oxazole rings is 1. The number of rotatable bonds is 4. The van der Waals surface area contributed by atoms with E-state index in [1.807, 2.05) is 37.3 Å². The molecular formula is C16H20N2O3. The van der Waals surface area contributed by atoms with Gasteiger partial charge in [-0.25, -0.2) is 4.98 Å². The highest BCUT2D eigenvalue weighted by Gasteiger charge is 2.25. The standard InChI is InChI=1S/C16H20N2O3/c1-12-7-18(9-15(10-19)21-12)8-14-11-20-16(17-14)13-5-3-2-4-6-13/h2-6,11-12,15,19H,7-10H2,1H3. The largest absolute Gasteiger partial charge is 0.444 e. The SMILES string of the molecule is CC1CN(Cc2coc(-c3ccccc3)n2)CC(CO)O1. The second-order valence-corrected chi connectivity index (χ2v) is 5.46. The molecule has 1 aromatic carbocycles. The maximum Gasteiger partial charge on any atom is 0.226 e. The maximum atomic E-state index is 9.26. The average Bonchev–Trinajstić information content (AvgIpc) is 2.96. The van der Waals surface area contributed by atoms with Gasteiger partial charge in [0.2, 0.25) is 5.89 Å². The van der Waals surface area contributed by atoms with Gasteiger partial charge < -0.3 is 14.3 Å². The van der Waals surface area contributed by atoms with Crippen LogP contribution in [-0.2, 0) is 11.3 Å². The highest BCUT2D eigenvalue weighted by Crippen LogP contribution is 2.20. The molecule has 1 N–H and O–H groups in total. The zero-order valence-corrected chi connectivity index (χ0v) is 12.1. The van der Waals surface area contributed by atoms with Crippen molar-refractivity contribution in [2.24, 2.45) is 0 Å². The first kappa shape index (κ1) is 14.3. The molecule has 1 aliphatic heterocycles. The molecule has 1 fully saturated rings. The number of ether oxygens (including phenoxy) is 1. The van der Waals surface area contributed by atoms with Crippen LogP contribution in [0.4, 0.5) is 0 Å². The summed E-state index contributed by atoms with van der Waals surface area (Å²) < 4.78 is 11.2. The average molecular weight is 288 g/mol. The first-order valence-electron chi connectivity index (χ1n) is 7.23. The van der Waals surface area contributed by atoms with E-state index in [9.17, 15) is 5.11 Å². The first-order chi connectivity index (χ1) is 10.2. The third kappa shape index (κ3) is 3.50. The van der Waals surface area contributed by atoms with Crippen molar-refractivity contribution in [1.82, 2.24) is 9.88 Å². The second kappa shape index (κ2) is 6.39. The number of aliphatic hydroxyl groups excluding tert-OH is 1. The van der Waals surface area contributed by atoms with Crippen molar-refractivity contribution in [2.75, 3.05) is 19.7 Å². The van der Waals surface area contributed by atoms with Crippen LogP contribution in [0.5, 0.6) is 0 Å². The van der Waals surface area contributed by atoms with Crippen molar-refractivity contribution in [3.8, 4) is 11.5 Å². The molecule has 0 aliphatic carbocycles. The van der Waals surface area contributed by atoms with E-state index in [1.165, 1.54) is 0 Å². The molecule has 21 heavy (non-hydrogen) atoms. The molecule has 0 amide bonds. The molecule has 2 aromatic rings. The Kier molecular flexibility index (Phi) is 4.34. The fourth-order valence-corrected chi connectivity index (χ4v) is 2.69. The van der Waals surface area contributed by atoms with Crippen molar-refractivity contribution < 1.29 is 14.3 Å². The maximum absolute atomic E-state index is 9.26. The summed E-state index contributed by atoms with van der Waals surface area (Å²) in [6.45, 7) is 4.33. The number of morpholine rings is 1. The van der Waals surface area contributed by atoms with Gasteiger partial charge in [0.15, 0.2) is 0 Å². The quantitative estimate of drug-likeness (QED) is 0.931. The predicted molar refractivity (Wildman–Crippen MR) is 78.6 cm³/mol. The molecule has 0 spiro atoms. The van der Waals surface area contributed by atoms with Crippen LogP contribution in [0.3, 0.4) is 0 Å². The summed E-state index contributed by atoms with van der Waals surface area (Å²) in [5.41, 5.74) is 1.88. The van der Waals surface area contributed by atoms with Gasteiger partial charge in [0.25, 0.3) is 0 Å². The lowest BCUT2D eigenvalue weighted by atomic mass is 10.2. The van der Waals surface area contributed by atoms with Crippen LogP contribution in [0.2, 0.25) is 0 Å². The summed E-state index contributed by atoms with van der Waals surface area (Å²) in [6, 6.07) is 9.86. The molecule has 112 valence electrons. The number of hydrogen-bond donors (Lipinski definition) is 1. The minimum atomic E-state index is -0.116. The van der Waals surface area contributed by atoms with Gasteiger partial charge in [-0.1, -0.05) is 18.2 Å². The Bertz CT molecular complexity index is 570. The molecule has 1 saturated heterocycles. The van der Waals surface area contributed by atoms with E-state index in [0.717, 1.165) is 17.8 Å². The predicted octanol–water partition coefficient (Wildman–Crippen LogP) is 1.92. The van der Waals surface area contributed by atoms with Gasteiger partial charge in [-0.2, -0.15) is 0 Å². The van der Waals surface area contributed by atoms with Gasteiger partial charge in [0.1, 0.15) is 6.26 Å². The van der Waals surface area contributed by atoms with Crippen LogP contribution >= 0.6 is 0 Å². The third-order valence-corrected chi connectivity index (χ3v) is 3.56. The molecule has 2 unspecified atom stereocenters. The minimum absolute atomic E-state index is 0.0505. The minimum Gasteiger partial charge on any atom is -0.444 e. The third-order valence-electron chi connectivity index (χ3n) is 3.56. The van der Waals surface area contributed by atoms with Crippen LogP contribution in [-0.4, -0.2) is 46.9 Å². The molecule has 5 heteroatoms. The topological polar surface area (TPSA) is 58.7 Å². The Hall–Kier alpha value is -1.69. The summed E-state index contributed by atoms with van der Waals surface area (Å²) in [5.74, 6) is 0.644. The van der Waals surface area contributed by atoms with Crippen LogP contribution < -0.4 is 0 Å². The van der Waals surface area contributed by atoms with Crippen LogP contribution in [0.15, 0.2) is 41.0 Å². The number of nitrogens with zero attached hydrogens (tertiary/aromatic N) is 2. The summed E-state index contributed by atoms with van der Waals surface area (Å²) in [5, 5.41) is 9.26. The Morgan fingerprint density at radius 1 is 1.29 bits per heavy atom. The summed E-state index contributed by atoms with van der Waals surface area (Å²) in [4.78, 5) is 6.78. The van der Waals surface area contributed by atoms with E-state index < -0.39 is 0 Å². The van der Waals surface area contributed by atoms with E-state index in [0.29, 0.717) is 19.0 Å². The van der Waals surface area contributed by atoms with Crippen LogP contribution in [0, 0.1) is 0 Å². The smallest absolute Gasteiger partial charge is 0.226 e. The van der Waals surface area contributed by atoms with E-state index in [-0.39, 0.29) is 18.8 Å². The molecule has 2 heterocycles. The molecule has 3 rings (SSSR count). The summed E-state index contributed by atoms with van der Waals surface area (Å²) in [7, 11) is 0. The Labute approximate surface area is 124 Å². The highest BCUT2D eigenvalue weighted by atomic mass is 16.5. The van der Waals surface area contributed by atoms with Gasteiger partial charge in [0.05, 0.1) is 24.5 Å². The van der Waals surface area contributed by atoms with Crippen molar-refractivity contribution >= 4 is 0 Å². The van der Waals surface area contributed by atoms with Gasteiger partial charge in [-0.3, -0.25) is 4.90 Å². The van der Waals surface area contributed by atoms with Gasteiger partial charge in [-0.05, 0) is 19.1 Å². The number of benzene rings is 1. The molecule has 5 nitrogen and oxygen atoms in total. The van der Waals surface area contributed by atoms with Crippen molar-refractivity contribution in [3.63, 3.8) is 0 Å². The number of hydrogen-bond acceptors (Lipinski definition) is 5. The van der Waals surface area contributed by atoms with Crippen molar-refractivity contribution in [2.45, 2.75) is 25.7 Å². The van der Waals surface area contributed by atoms with Crippen molar-refractivity contribution in [3.05, 3.63) is 42.3 Å². The molecular weight excluding hydrogens is 268 g/mol. The lowest BCUT2D eigenvalue weighted by molar-refractivity contribution is -0.0974. The fraction of sp³-hybridized carbons (Fsp3) is 0.438. The Balaban J connectivity index is 1.67. The summed E-state index contributed by atoms with van der Waals surface area (Å²) in [6.07, 6.45) is 1.71. The van der Waals surface area contributed by atoms with E-state index in [2.05, 4.69) is 9.88 Å². The summed E-state index contributed by atoms with van der Waals surface area (Å²) >= 11 is 0. The molecule has 0 radical (unpaired) electrons. The van der Waals surface area contributed by atoms with Crippen LogP contribution in [0.1, 0.15) is 12.6 Å². The lowest BCUT2D eigenvalue weighted by Gasteiger charge is -2.35. The van der Waals surface area contributed by atoms with Crippen molar-refractivity contribution in [1.29, 1.82) is 0 Å². The van der Waals surface area contributed by atoms with Gasteiger partial charge in [-0.15, -0.1) is 0 Å². The molecule has 0 saturated carbocycles.